The number of rotatable bonds is 8. The van der Waals surface area contributed by atoms with Crippen LogP contribution in [0, 0.1) is 6.92 Å². The number of nitrogens with one attached hydrogen (secondary N) is 2. The highest BCUT2D eigenvalue weighted by Gasteiger charge is 2.06. The van der Waals surface area contributed by atoms with Gasteiger partial charge >= 0.3 is 0 Å². The van der Waals surface area contributed by atoms with Gasteiger partial charge in [-0.15, -0.1) is 35.3 Å². The van der Waals surface area contributed by atoms with E-state index in [1.54, 1.807) is 25.6 Å². The van der Waals surface area contributed by atoms with Gasteiger partial charge in [-0.1, -0.05) is 0 Å². The molecule has 0 spiro atoms. The predicted molar refractivity (Wildman–Crippen MR) is 120 cm³/mol. The Morgan fingerprint density at radius 3 is 2.62 bits per heavy atom. The van der Waals surface area contributed by atoms with Crippen molar-refractivity contribution in [2.45, 2.75) is 26.7 Å². The maximum atomic E-state index is 5.34. The molecule has 2 rings (SSSR count). The molecule has 0 bridgehead atoms. The molecule has 0 atom stereocenters. The van der Waals surface area contributed by atoms with Gasteiger partial charge in [0.2, 0.25) is 0 Å². The van der Waals surface area contributed by atoms with Crippen molar-refractivity contribution in [2.75, 3.05) is 32.6 Å². The van der Waals surface area contributed by atoms with Crippen LogP contribution >= 0.6 is 35.3 Å². The molecule has 2 N–H and O–H groups in total. The van der Waals surface area contributed by atoms with E-state index in [0.717, 1.165) is 43.3 Å². The van der Waals surface area contributed by atoms with Crippen molar-refractivity contribution in [2.24, 2.45) is 4.99 Å². The summed E-state index contributed by atoms with van der Waals surface area (Å²) < 4.78 is 10.6. The van der Waals surface area contributed by atoms with E-state index in [4.69, 9.17) is 9.47 Å². The molecular weight excluding hydrogens is 463 g/mol. The molecule has 6 nitrogen and oxygen atoms in total. The summed E-state index contributed by atoms with van der Waals surface area (Å²) in [6.07, 6.45) is 1.92. The molecule has 0 unspecified atom stereocenters. The topological polar surface area (TPSA) is 67.8 Å². The van der Waals surface area contributed by atoms with Crippen molar-refractivity contribution in [3.8, 4) is 11.5 Å². The second-order valence-corrected chi connectivity index (χ2v) is 6.38. The van der Waals surface area contributed by atoms with Crippen molar-refractivity contribution in [1.82, 2.24) is 10.3 Å². The number of hydrogen-bond donors (Lipinski definition) is 2. The smallest absolute Gasteiger partial charge is 0.195 e. The van der Waals surface area contributed by atoms with Crippen molar-refractivity contribution in [3.05, 3.63) is 34.3 Å². The zero-order valence-electron chi connectivity index (χ0n) is 15.7. The van der Waals surface area contributed by atoms with Crippen LogP contribution in [0.15, 0.2) is 28.6 Å². The summed E-state index contributed by atoms with van der Waals surface area (Å²) in [7, 11) is 3.25. The van der Waals surface area contributed by atoms with Gasteiger partial charge in [-0.05, 0) is 32.4 Å². The molecule has 0 fully saturated rings. The Morgan fingerprint density at radius 1 is 1.23 bits per heavy atom. The number of guanidine groups is 1. The Bertz CT molecular complexity index is 706. The highest BCUT2D eigenvalue weighted by atomic mass is 127. The highest BCUT2D eigenvalue weighted by Crippen LogP contribution is 2.29. The van der Waals surface area contributed by atoms with Gasteiger partial charge < -0.3 is 20.1 Å². The van der Waals surface area contributed by atoms with Crippen LogP contribution in [-0.2, 0) is 6.42 Å². The zero-order chi connectivity index (χ0) is 18.1. The number of thiazole rings is 1. The lowest BCUT2D eigenvalue weighted by molar-refractivity contribution is 0.355. The summed E-state index contributed by atoms with van der Waals surface area (Å²) in [5, 5.41) is 9.81. The van der Waals surface area contributed by atoms with E-state index < -0.39 is 0 Å². The van der Waals surface area contributed by atoms with Gasteiger partial charge in [-0.3, -0.25) is 4.99 Å². The quantitative estimate of drug-likeness (QED) is 0.253. The van der Waals surface area contributed by atoms with Crippen LogP contribution in [0.3, 0.4) is 0 Å². The minimum Gasteiger partial charge on any atom is -0.493 e. The van der Waals surface area contributed by atoms with E-state index in [0.29, 0.717) is 11.5 Å². The van der Waals surface area contributed by atoms with Gasteiger partial charge in [0.1, 0.15) is 0 Å². The van der Waals surface area contributed by atoms with Gasteiger partial charge in [0.15, 0.2) is 17.5 Å². The number of anilines is 1. The zero-order valence-corrected chi connectivity index (χ0v) is 18.8. The van der Waals surface area contributed by atoms with Gasteiger partial charge in [0.05, 0.1) is 19.2 Å². The summed E-state index contributed by atoms with van der Waals surface area (Å²) in [5.74, 6) is 2.14. The molecule has 0 amide bonds. The third-order valence-corrected chi connectivity index (χ3v) is 4.50. The highest BCUT2D eigenvalue weighted by molar-refractivity contribution is 14.0. The van der Waals surface area contributed by atoms with E-state index >= 15 is 0 Å². The molecule has 0 aliphatic heterocycles. The van der Waals surface area contributed by atoms with Crippen LogP contribution in [0.2, 0.25) is 0 Å². The first-order valence-corrected chi connectivity index (χ1v) is 9.22. The fourth-order valence-corrected chi connectivity index (χ4v) is 3.11. The number of aromatic nitrogens is 1. The molecule has 0 saturated carbocycles. The maximum absolute atomic E-state index is 5.34. The summed E-state index contributed by atoms with van der Waals surface area (Å²) in [6, 6.07) is 5.70. The third-order valence-electron chi connectivity index (χ3n) is 3.48. The number of aryl methyl sites for hydroxylation is 2. The Labute approximate surface area is 176 Å². The second kappa shape index (κ2) is 11.9. The first-order valence-electron chi connectivity index (χ1n) is 8.34. The van der Waals surface area contributed by atoms with E-state index in [1.807, 2.05) is 32.0 Å². The largest absolute Gasteiger partial charge is 0.493 e. The van der Waals surface area contributed by atoms with Gasteiger partial charge in [0, 0.05) is 42.3 Å². The lowest BCUT2D eigenvalue weighted by Gasteiger charge is -2.13. The number of halogens is 1. The fraction of sp³-hybridized carbons (Fsp3) is 0.444. The Morgan fingerprint density at radius 2 is 2.00 bits per heavy atom. The molecule has 8 heteroatoms. The molecular formula is C18H27IN4O2S. The van der Waals surface area contributed by atoms with E-state index in [-0.39, 0.29) is 24.0 Å². The number of nitrogens with zero attached hydrogens (tertiary/aromatic N) is 2. The number of benzene rings is 1. The summed E-state index contributed by atoms with van der Waals surface area (Å²) in [6.45, 7) is 5.60. The molecule has 144 valence electrons. The first-order chi connectivity index (χ1) is 12.2. The summed E-state index contributed by atoms with van der Waals surface area (Å²) in [5.41, 5.74) is 1.99. The molecule has 0 aliphatic carbocycles. The van der Waals surface area contributed by atoms with Crippen LogP contribution in [0.5, 0.6) is 11.5 Å². The minimum absolute atomic E-state index is 0. The normalized spacial score (nSPS) is 10.8. The van der Waals surface area contributed by atoms with Crippen LogP contribution in [0.4, 0.5) is 5.69 Å². The first kappa shape index (κ1) is 22.5. The monoisotopic (exact) mass is 490 g/mol. The summed E-state index contributed by atoms with van der Waals surface area (Å²) in [4.78, 5) is 9.11. The molecule has 0 aliphatic rings. The Hall–Kier alpha value is -1.55. The fourth-order valence-electron chi connectivity index (χ4n) is 2.30. The minimum atomic E-state index is 0. The Kier molecular flexibility index (Phi) is 10.3. The Balaban J connectivity index is 0.00000338. The van der Waals surface area contributed by atoms with E-state index in [2.05, 4.69) is 26.0 Å². The third kappa shape index (κ3) is 6.99. The van der Waals surface area contributed by atoms with E-state index in [9.17, 15) is 0 Å². The van der Waals surface area contributed by atoms with Crippen molar-refractivity contribution >= 4 is 47.0 Å². The van der Waals surface area contributed by atoms with Crippen LogP contribution < -0.4 is 20.1 Å². The SMILES string of the molecule is CCNC(=NCCCc1nc(C)cs1)Nc1ccc(OC)c(OC)c1.I. The number of methoxy groups -OCH3 is 2. The lowest BCUT2D eigenvalue weighted by atomic mass is 10.2. The van der Waals surface area contributed by atoms with Gasteiger partial charge in [-0.25, -0.2) is 4.98 Å². The van der Waals surface area contributed by atoms with Gasteiger partial charge in [-0.2, -0.15) is 0 Å². The van der Waals surface area contributed by atoms with Crippen LogP contribution in [0.1, 0.15) is 24.0 Å². The standard InChI is InChI=1S/C18H26N4O2S.HI/c1-5-19-18(20-10-6-7-17-21-13(2)12-25-17)22-14-8-9-15(23-3)16(11-14)24-4;/h8-9,11-12H,5-7,10H2,1-4H3,(H2,19,20,22);1H. The average molecular weight is 490 g/mol. The van der Waals surface area contributed by atoms with Crippen LogP contribution in [0.25, 0.3) is 0 Å². The number of hydrogen-bond acceptors (Lipinski definition) is 5. The molecule has 1 heterocycles. The molecule has 26 heavy (non-hydrogen) atoms. The number of ether oxygens (including phenoxy) is 2. The van der Waals surface area contributed by atoms with Crippen molar-refractivity contribution < 1.29 is 9.47 Å². The second-order valence-electron chi connectivity index (χ2n) is 5.44. The lowest BCUT2D eigenvalue weighted by Crippen LogP contribution is -2.30. The van der Waals surface area contributed by atoms with Crippen LogP contribution in [-0.4, -0.2) is 38.3 Å². The average Bonchev–Trinajstić information content (AvgIpc) is 3.04. The molecule has 0 radical (unpaired) electrons. The molecule has 2 aromatic rings. The maximum Gasteiger partial charge on any atom is 0.195 e. The van der Waals surface area contributed by atoms with Gasteiger partial charge in [0.25, 0.3) is 0 Å². The van der Waals surface area contributed by atoms with Crippen molar-refractivity contribution in [3.63, 3.8) is 0 Å². The molecule has 1 aromatic carbocycles. The summed E-state index contributed by atoms with van der Waals surface area (Å²) >= 11 is 1.71. The van der Waals surface area contributed by atoms with E-state index in [1.165, 1.54) is 5.01 Å². The molecule has 0 saturated heterocycles. The van der Waals surface area contributed by atoms with Crippen molar-refractivity contribution in [1.29, 1.82) is 0 Å². The number of aliphatic imine (C=N–C) groups is 1. The molecule has 1 aromatic heterocycles. The predicted octanol–water partition coefficient (Wildman–Crippen LogP) is 4.10.